The van der Waals surface area contributed by atoms with Gasteiger partial charge in [0.2, 0.25) is 11.8 Å². The molecule has 1 fully saturated rings. The van der Waals surface area contributed by atoms with E-state index in [1.165, 1.54) is 6.07 Å². The maximum atomic E-state index is 14.0. The number of amides is 2. The SMILES string of the molecule is CC(C)(C)C(=O)N1CSCC1C(=O)NCC(C)(C)c1ccccc1F. The molecule has 1 heterocycles. The van der Waals surface area contributed by atoms with Gasteiger partial charge < -0.3 is 10.2 Å². The normalized spacial score (nSPS) is 18.3. The van der Waals surface area contributed by atoms with E-state index < -0.39 is 16.9 Å². The number of hydrogen-bond donors (Lipinski definition) is 1. The van der Waals surface area contributed by atoms with Gasteiger partial charge in [0.15, 0.2) is 0 Å². The highest BCUT2D eigenvalue weighted by Gasteiger charge is 2.39. The van der Waals surface area contributed by atoms with Crippen molar-refractivity contribution in [2.75, 3.05) is 18.2 Å². The lowest BCUT2D eigenvalue weighted by atomic mass is 9.84. The predicted molar refractivity (Wildman–Crippen MR) is 99.8 cm³/mol. The molecule has 0 bridgehead atoms. The second-order valence-corrected chi connectivity index (χ2v) is 9.12. The molecule has 0 saturated carbocycles. The molecule has 1 atom stereocenters. The molecule has 1 saturated heterocycles. The first-order chi connectivity index (χ1) is 11.5. The quantitative estimate of drug-likeness (QED) is 0.890. The Morgan fingerprint density at radius 3 is 2.48 bits per heavy atom. The van der Waals surface area contributed by atoms with Crippen LogP contribution in [0, 0.1) is 11.2 Å². The van der Waals surface area contributed by atoms with Crippen LogP contribution in [0.5, 0.6) is 0 Å². The maximum absolute atomic E-state index is 14.0. The van der Waals surface area contributed by atoms with Gasteiger partial charge in [-0.1, -0.05) is 52.8 Å². The molecule has 2 rings (SSSR count). The number of benzene rings is 1. The average Bonchev–Trinajstić information content (AvgIpc) is 3.00. The molecule has 4 nitrogen and oxygen atoms in total. The number of nitrogens with zero attached hydrogens (tertiary/aromatic N) is 1. The Hall–Kier alpha value is -1.56. The van der Waals surface area contributed by atoms with Gasteiger partial charge in [0.25, 0.3) is 0 Å². The number of halogens is 1. The van der Waals surface area contributed by atoms with Crippen molar-refractivity contribution < 1.29 is 14.0 Å². The fraction of sp³-hybridized carbons (Fsp3) is 0.579. The summed E-state index contributed by atoms with van der Waals surface area (Å²) >= 11 is 1.58. The van der Waals surface area contributed by atoms with Gasteiger partial charge in [0.05, 0.1) is 5.88 Å². The van der Waals surface area contributed by atoms with E-state index in [2.05, 4.69) is 5.32 Å². The molecule has 0 aliphatic carbocycles. The standard InChI is InChI=1S/C19H27FN2O2S/c1-18(2,3)17(24)22-12-25-10-15(22)16(23)21-11-19(4,5)13-8-6-7-9-14(13)20/h6-9,15H,10-12H2,1-5H3,(H,21,23). The van der Waals surface area contributed by atoms with Crippen molar-refractivity contribution in [2.45, 2.75) is 46.1 Å². The molecule has 6 heteroatoms. The van der Waals surface area contributed by atoms with E-state index in [0.29, 0.717) is 23.7 Å². The van der Waals surface area contributed by atoms with Crippen LogP contribution in [0.3, 0.4) is 0 Å². The second-order valence-electron chi connectivity index (χ2n) is 8.12. The van der Waals surface area contributed by atoms with E-state index in [1.54, 1.807) is 34.9 Å². The zero-order chi connectivity index (χ0) is 18.8. The van der Waals surface area contributed by atoms with Crippen molar-refractivity contribution >= 4 is 23.6 Å². The molecular weight excluding hydrogens is 339 g/mol. The summed E-state index contributed by atoms with van der Waals surface area (Å²) in [5.74, 6) is 0.652. The van der Waals surface area contributed by atoms with Crippen molar-refractivity contribution in [2.24, 2.45) is 5.41 Å². The second kappa shape index (κ2) is 7.36. The molecule has 1 aromatic rings. The van der Waals surface area contributed by atoms with Crippen molar-refractivity contribution in [3.05, 3.63) is 35.6 Å². The van der Waals surface area contributed by atoms with Crippen LogP contribution < -0.4 is 5.32 Å². The molecule has 1 N–H and O–H groups in total. The number of carbonyl (C=O) groups excluding carboxylic acids is 2. The van der Waals surface area contributed by atoms with E-state index in [-0.39, 0.29) is 17.6 Å². The van der Waals surface area contributed by atoms with Gasteiger partial charge in [0.1, 0.15) is 11.9 Å². The summed E-state index contributed by atoms with van der Waals surface area (Å²) in [6, 6.07) is 6.14. The Bertz CT molecular complexity index is 655. The zero-order valence-corrected chi connectivity index (χ0v) is 16.4. The molecule has 138 valence electrons. The van der Waals surface area contributed by atoms with Crippen molar-refractivity contribution in [1.29, 1.82) is 0 Å². The monoisotopic (exact) mass is 366 g/mol. The minimum Gasteiger partial charge on any atom is -0.353 e. The van der Waals surface area contributed by atoms with Crippen LogP contribution in [0.4, 0.5) is 4.39 Å². The van der Waals surface area contributed by atoms with Crippen LogP contribution in [0.1, 0.15) is 40.2 Å². The van der Waals surface area contributed by atoms with Crippen LogP contribution in [0.25, 0.3) is 0 Å². The predicted octanol–water partition coefficient (Wildman–Crippen LogP) is 3.17. The summed E-state index contributed by atoms with van der Waals surface area (Å²) in [5.41, 5.74) is -0.486. The zero-order valence-electron chi connectivity index (χ0n) is 15.6. The molecule has 1 aliphatic rings. The summed E-state index contributed by atoms with van der Waals surface area (Å²) in [6.07, 6.45) is 0. The Morgan fingerprint density at radius 1 is 1.24 bits per heavy atom. The Kier molecular flexibility index (Phi) is 5.82. The van der Waals surface area contributed by atoms with Crippen LogP contribution >= 0.6 is 11.8 Å². The third kappa shape index (κ3) is 4.54. The fourth-order valence-corrected chi connectivity index (χ4v) is 3.98. The van der Waals surface area contributed by atoms with Crippen molar-refractivity contribution in [3.8, 4) is 0 Å². The Labute approximate surface area is 153 Å². The number of carbonyl (C=O) groups is 2. The lowest BCUT2D eigenvalue weighted by Gasteiger charge is -2.31. The maximum Gasteiger partial charge on any atom is 0.243 e. The molecular formula is C19H27FN2O2S. The fourth-order valence-electron chi connectivity index (χ4n) is 2.82. The van der Waals surface area contributed by atoms with E-state index in [1.807, 2.05) is 34.6 Å². The number of thioether (sulfide) groups is 1. The highest BCUT2D eigenvalue weighted by molar-refractivity contribution is 7.99. The number of hydrogen-bond acceptors (Lipinski definition) is 3. The first-order valence-corrected chi connectivity index (χ1v) is 9.61. The summed E-state index contributed by atoms with van der Waals surface area (Å²) in [7, 11) is 0. The third-order valence-electron chi connectivity index (χ3n) is 4.39. The van der Waals surface area contributed by atoms with E-state index in [0.717, 1.165) is 0 Å². The van der Waals surface area contributed by atoms with Crippen molar-refractivity contribution in [1.82, 2.24) is 10.2 Å². The summed E-state index contributed by atoms with van der Waals surface area (Å²) < 4.78 is 14.0. The summed E-state index contributed by atoms with van der Waals surface area (Å²) in [6.45, 7) is 9.67. The Morgan fingerprint density at radius 2 is 1.88 bits per heavy atom. The molecule has 0 radical (unpaired) electrons. The van der Waals surface area contributed by atoms with Gasteiger partial charge in [-0.25, -0.2) is 4.39 Å². The third-order valence-corrected chi connectivity index (χ3v) is 5.41. The summed E-state index contributed by atoms with van der Waals surface area (Å²) in [4.78, 5) is 26.8. The molecule has 0 spiro atoms. The molecule has 25 heavy (non-hydrogen) atoms. The number of nitrogens with one attached hydrogen (secondary N) is 1. The largest absolute Gasteiger partial charge is 0.353 e. The molecule has 1 aromatic carbocycles. The summed E-state index contributed by atoms with van der Waals surface area (Å²) in [5, 5.41) is 2.91. The van der Waals surface area contributed by atoms with Gasteiger partial charge in [-0.3, -0.25) is 9.59 Å². The Balaban J connectivity index is 2.04. The van der Waals surface area contributed by atoms with Crippen LogP contribution in [0.2, 0.25) is 0 Å². The van der Waals surface area contributed by atoms with Gasteiger partial charge in [-0.15, -0.1) is 11.8 Å². The average molecular weight is 367 g/mol. The van der Waals surface area contributed by atoms with Gasteiger partial charge >= 0.3 is 0 Å². The van der Waals surface area contributed by atoms with Crippen molar-refractivity contribution in [3.63, 3.8) is 0 Å². The van der Waals surface area contributed by atoms with Crippen LogP contribution in [0.15, 0.2) is 24.3 Å². The van der Waals surface area contributed by atoms with E-state index >= 15 is 0 Å². The topological polar surface area (TPSA) is 49.4 Å². The minimum absolute atomic E-state index is 0.0222. The van der Waals surface area contributed by atoms with Crippen LogP contribution in [-0.4, -0.2) is 40.9 Å². The highest BCUT2D eigenvalue weighted by Crippen LogP contribution is 2.28. The molecule has 1 aliphatic heterocycles. The smallest absolute Gasteiger partial charge is 0.243 e. The van der Waals surface area contributed by atoms with E-state index in [9.17, 15) is 14.0 Å². The highest BCUT2D eigenvalue weighted by atomic mass is 32.2. The molecule has 1 unspecified atom stereocenters. The van der Waals surface area contributed by atoms with Gasteiger partial charge in [0, 0.05) is 23.1 Å². The first kappa shape index (κ1) is 19.8. The minimum atomic E-state index is -0.536. The number of rotatable bonds is 4. The van der Waals surface area contributed by atoms with Gasteiger partial charge in [-0.05, 0) is 11.6 Å². The first-order valence-electron chi connectivity index (χ1n) is 8.45. The van der Waals surface area contributed by atoms with E-state index in [4.69, 9.17) is 0 Å². The van der Waals surface area contributed by atoms with Gasteiger partial charge in [-0.2, -0.15) is 0 Å². The molecule has 0 aromatic heterocycles. The molecule has 2 amide bonds. The van der Waals surface area contributed by atoms with Crippen LogP contribution in [-0.2, 0) is 15.0 Å². The lowest BCUT2D eigenvalue weighted by molar-refractivity contribution is -0.144. The lowest BCUT2D eigenvalue weighted by Crippen LogP contribution is -2.52.